The van der Waals surface area contributed by atoms with Gasteiger partial charge in [0, 0.05) is 38.0 Å². The van der Waals surface area contributed by atoms with Crippen LogP contribution in [0.15, 0.2) is 60.7 Å². The Morgan fingerprint density at radius 3 is 2.68 bits per heavy atom. The van der Waals surface area contributed by atoms with Crippen molar-refractivity contribution in [1.82, 2.24) is 4.90 Å². The van der Waals surface area contributed by atoms with Crippen LogP contribution in [0.5, 0.6) is 5.75 Å². The van der Waals surface area contributed by atoms with Gasteiger partial charge in [-0.3, -0.25) is 0 Å². The number of likely N-dealkylation sites (tertiary alicyclic amines) is 1. The van der Waals surface area contributed by atoms with E-state index >= 15 is 0 Å². The van der Waals surface area contributed by atoms with Crippen LogP contribution < -0.4 is 4.74 Å². The molecule has 1 aliphatic rings. The molecule has 1 heterocycles. The first-order valence-electron chi connectivity index (χ1n) is 11.5. The molecule has 1 fully saturated rings. The van der Waals surface area contributed by atoms with Gasteiger partial charge in [0.05, 0.1) is 25.9 Å². The molecule has 3 aromatic carbocycles. The van der Waals surface area contributed by atoms with Crippen molar-refractivity contribution in [2.45, 2.75) is 31.5 Å². The van der Waals surface area contributed by atoms with E-state index in [1.807, 2.05) is 30.3 Å². The van der Waals surface area contributed by atoms with Crippen molar-refractivity contribution in [3.63, 3.8) is 0 Å². The van der Waals surface area contributed by atoms with Crippen molar-refractivity contribution in [2.75, 3.05) is 33.4 Å². The third-order valence-electron chi connectivity index (χ3n) is 6.23. The number of nitrogens with zero attached hydrogens (tertiary/aromatic N) is 1. The van der Waals surface area contributed by atoms with E-state index < -0.39 is 6.09 Å². The third-order valence-corrected chi connectivity index (χ3v) is 6.23. The maximum atomic E-state index is 13.4. The fourth-order valence-electron chi connectivity index (χ4n) is 4.48. The predicted octanol–water partition coefficient (Wildman–Crippen LogP) is 5.45. The summed E-state index contributed by atoms with van der Waals surface area (Å²) in [6, 6.07) is 18.5. The fraction of sp³-hybridized carbons (Fsp3) is 0.370. The highest BCUT2D eigenvalue weighted by Crippen LogP contribution is 2.33. The Kier molecular flexibility index (Phi) is 7.98. The Bertz CT molecular complexity index is 1100. The normalized spacial score (nSPS) is 18.2. The van der Waals surface area contributed by atoms with E-state index in [2.05, 4.69) is 6.07 Å². The highest BCUT2D eigenvalue weighted by molar-refractivity contribution is 5.89. The number of ether oxygens (including phenoxy) is 3. The lowest BCUT2D eigenvalue weighted by Crippen LogP contribution is -2.46. The molecule has 1 aliphatic heterocycles. The average Bonchev–Trinajstić information content (AvgIpc) is 2.85. The number of fused-ring (bicyclic) bond motifs is 1. The molecular weight excluding hydrogens is 437 g/mol. The summed E-state index contributed by atoms with van der Waals surface area (Å²) in [6.07, 6.45) is 0.114. The Hall–Kier alpha value is -3.16. The molecule has 2 unspecified atom stereocenters. The van der Waals surface area contributed by atoms with Crippen LogP contribution in [0, 0.1) is 5.82 Å². The Labute approximate surface area is 198 Å². The van der Waals surface area contributed by atoms with Crippen molar-refractivity contribution in [3.05, 3.63) is 77.6 Å². The number of hydrogen-bond donors (Lipinski definition) is 1. The molecule has 0 radical (unpaired) electrons. The van der Waals surface area contributed by atoms with E-state index in [0.717, 1.165) is 34.1 Å². The van der Waals surface area contributed by atoms with E-state index in [1.54, 1.807) is 19.2 Å². The molecule has 2 atom stereocenters. The lowest BCUT2D eigenvalue weighted by Gasteiger charge is -2.37. The monoisotopic (exact) mass is 467 g/mol. The molecule has 3 aromatic rings. The number of methoxy groups -OCH3 is 1. The van der Waals surface area contributed by atoms with Gasteiger partial charge in [0.2, 0.25) is 0 Å². The highest BCUT2D eigenvalue weighted by atomic mass is 19.1. The number of rotatable bonds is 9. The molecular formula is C27H30FNO5. The second-order valence-corrected chi connectivity index (χ2v) is 8.53. The lowest BCUT2D eigenvalue weighted by atomic mass is 9.87. The molecule has 0 aliphatic carbocycles. The van der Waals surface area contributed by atoms with Crippen LogP contribution in [0.1, 0.15) is 29.9 Å². The summed E-state index contributed by atoms with van der Waals surface area (Å²) in [4.78, 5) is 13.0. The van der Waals surface area contributed by atoms with Crippen LogP contribution in [0.25, 0.3) is 10.8 Å². The van der Waals surface area contributed by atoms with E-state index in [9.17, 15) is 14.3 Å². The topological polar surface area (TPSA) is 68.2 Å². The molecule has 1 saturated heterocycles. The van der Waals surface area contributed by atoms with Gasteiger partial charge in [0.1, 0.15) is 11.6 Å². The van der Waals surface area contributed by atoms with Crippen molar-refractivity contribution in [3.8, 4) is 5.75 Å². The molecule has 0 bridgehead atoms. The van der Waals surface area contributed by atoms with Crippen molar-refractivity contribution < 1.29 is 28.5 Å². The van der Waals surface area contributed by atoms with E-state index in [0.29, 0.717) is 32.8 Å². The van der Waals surface area contributed by atoms with Gasteiger partial charge in [-0.25, -0.2) is 9.18 Å². The van der Waals surface area contributed by atoms with Gasteiger partial charge < -0.3 is 24.2 Å². The van der Waals surface area contributed by atoms with Crippen LogP contribution in [-0.4, -0.2) is 55.6 Å². The lowest BCUT2D eigenvalue weighted by molar-refractivity contribution is -0.0199. The van der Waals surface area contributed by atoms with Crippen LogP contribution >= 0.6 is 0 Å². The number of amides is 1. The Morgan fingerprint density at radius 1 is 1.12 bits per heavy atom. The maximum absolute atomic E-state index is 13.4. The van der Waals surface area contributed by atoms with Gasteiger partial charge in [0.15, 0.2) is 0 Å². The first-order chi connectivity index (χ1) is 16.5. The standard InChI is InChI=1S/C27H30FNO5/c1-32-13-4-14-33-25-16-19(15-21-5-2-3-6-23(21)25)18-34-26-17-29(27(30)31)12-11-24(26)20-7-9-22(28)10-8-20/h2-3,5-10,15-16,24,26H,4,11-14,17-18H2,1H3,(H,30,31). The largest absolute Gasteiger partial charge is 0.493 e. The van der Waals surface area contributed by atoms with Crippen LogP contribution in [0.4, 0.5) is 9.18 Å². The molecule has 34 heavy (non-hydrogen) atoms. The van der Waals surface area contributed by atoms with E-state index in [1.165, 1.54) is 17.0 Å². The quantitative estimate of drug-likeness (QED) is 0.424. The molecule has 0 aromatic heterocycles. The maximum Gasteiger partial charge on any atom is 0.407 e. The second kappa shape index (κ2) is 11.3. The smallest absolute Gasteiger partial charge is 0.407 e. The molecule has 180 valence electrons. The van der Waals surface area contributed by atoms with Crippen LogP contribution in [0.2, 0.25) is 0 Å². The minimum Gasteiger partial charge on any atom is -0.493 e. The summed E-state index contributed by atoms with van der Waals surface area (Å²) in [5, 5.41) is 11.6. The Balaban J connectivity index is 1.53. The van der Waals surface area contributed by atoms with E-state index in [-0.39, 0.29) is 24.4 Å². The van der Waals surface area contributed by atoms with Gasteiger partial charge in [-0.2, -0.15) is 0 Å². The zero-order valence-corrected chi connectivity index (χ0v) is 19.3. The second-order valence-electron chi connectivity index (χ2n) is 8.53. The van der Waals surface area contributed by atoms with Crippen LogP contribution in [-0.2, 0) is 16.1 Å². The number of hydrogen-bond acceptors (Lipinski definition) is 4. The summed E-state index contributed by atoms with van der Waals surface area (Å²) in [5.41, 5.74) is 1.91. The number of benzene rings is 3. The summed E-state index contributed by atoms with van der Waals surface area (Å²) in [6.45, 7) is 2.19. The molecule has 1 N–H and O–H groups in total. The minimum atomic E-state index is -0.955. The predicted molar refractivity (Wildman–Crippen MR) is 128 cm³/mol. The zero-order chi connectivity index (χ0) is 23.9. The number of carboxylic acid groups (broad SMARTS) is 1. The van der Waals surface area contributed by atoms with Crippen molar-refractivity contribution in [1.29, 1.82) is 0 Å². The fourth-order valence-corrected chi connectivity index (χ4v) is 4.48. The highest BCUT2D eigenvalue weighted by Gasteiger charge is 2.33. The first-order valence-corrected chi connectivity index (χ1v) is 11.5. The molecule has 1 amide bonds. The third kappa shape index (κ3) is 5.85. The Morgan fingerprint density at radius 2 is 1.91 bits per heavy atom. The number of halogens is 1. The van der Waals surface area contributed by atoms with Crippen molar-refractivity contribution in [2.24, 2.45) is 0 Å². The molecule has 6 nitrogen and oxygen atoms in total. The molecule has 4 rings (SSSR count). The summed E-state index contributed by atoms with van der Waals surface area (Å²) in [7, 11) is 1.67. The number of piperidine rings is 1. The molecule has 0 saturated carbocycles. The first kappa shape index (κ1) is 24.0. The van der Waals surface area contributed by atoms with Gasteiger partial charge in [-0.05, 0) is 47.2 Å². The molecule has 7 heteroatoms. The summed E-state index contributed by atoms with van der Waals surface area (Å²) >= 11 is 0. The van der Waals surface area contributed by atoms with Crippen molar-refractivity contribution >= 4 is 16.9 Å². The van der Waals surface area contributed by atoms with E-state index in [4.69, 9.17) is 14.2 Å². The number of carbonyl (C=O) groups is 1. The van der Waals surface area contributed by atoms with Gasteiger partial charge in [0.25, 0.3) is 0 Å². The minimum absolute atomic E-state index is 0.0126. The van der Waals surface area contributed by atoms with Gasteiger partial charge >= 0.3 is 6.09 Å². The van der Waals surface area contributed by atoms with Gasteiger partial charge in [-0.1, -0.05) is 36.4 Å². The zero-order valence-electron chi connectivity index (χ0n) is 19.3. The van der Waals surface area contributed by atoms with Gasteiger partial charge in [-0.15, -0.1) is 0 Å². The summed E-state index contributed by atoms with van der Waals surface area (Å²) < 4.78 is 30.9. The average molecular weight is 468 g/mol. The van der Waals surface area contributed by atoms with Crippen LogP contribution in [0.3, 0.4) is 0 Å². The molecule has 0 spiro atoms. The summed E-state index contributed by atoms with van der Waals surface area (Å²) in [5.74, 6) is 0.485. The SMILES string of the molecule is COCCCOc1cc(COC2CN(C(=O)O)CCC2c2ccc(F)cc2)cc2ccccc12.